The van der Waals surface area contributed by atoms with E-state index in [1.807, 2.05) is 0 Å². The minimum Gasteiger partial charge on any atom is -0.307 e. The second kappa shape index (κ2) is 3.99. The maximum absolute atomic E-state index is 11.1. The van der Waals surface area contributed by atoms with Gasteiger partial charge in [0.15, 0.2) is 0 Å². The number of hydrogen-bond donors (Lipinski definition) is 1. The molecule has 0 bridgehead atoms. The van der Waals surface area contributed by atoms with Gasteiger partial charge in [-0.2, -0.15) is 0 Å². The molecule has 43 valence electrons. The van der Waals surface area contributed by atoms with Crippen LogP contribution in [0.4, 0.5) is 8.78 Å². The molecule has 0 heterocycles. The smallest absolute Gasteiger partial charge is 0.250 e. The molecule has 0 aliphatic heterocycles. The number of hydrogen-bond acceptors (Lipinski definition) is 1. The van der Waals surface area contributed by atoms with Crippen molar-refractivity contribution in [2.24, 2.45) is 0 Å². The molecule has 0 amide bonds. The fraction of sp³-hybridized carbons (Fsp3) is 0.750. The monoisotopic (exact) mass is 108 g/mol. The molecule has 1 radical (unpaired) electrons. The van der Waals surface area contributed by atoms with Gasteiger partial charge in [-0.1, -0.05) is 0 Å². The molecule has 1 nitrogen and oxygen atoms in total. The number of nitrogens with one attached hydrogen (secondary N) is 1. The Morgan fingerprint density at radius 3 is 2.43 bits per heavy atom. The summed E-state index contributed by atoms with van der Waals surface area (Å²) in [7, 11) is 0. The summed E-state index contributed by atoms with van der Waals surface area (Å²) in [5.74, 6) is 0. The summed E-state index contributed by atoms with van der Waals surface area (Å²) in [6.45, 7) is 2.92. The summed E-state index contributed by atoms with van der Waals surface area (Å²) >= 11 is 0. The molecule has 0 unspecified atom stereocenters. The van der Waals surface area contributed by atoms with Gasteiger partial charge in [0.05, 0.1) is 6.54 Å². The van der Waals surface area contributed by atoms with Crippen molar-refractivity contribution in [1.29, 1.82) is 0 Å². The SMILES string of the molecule is C[CH]NCC(F)F. The Labute approximate surface area is 41.7 Å². The lowest BCUT2D eigenvalue weighted by Crippen LogP contribution is -2.16. The van der Waals surface area contributed by atoms with Gasteiger partial charge in [0, 0.05) is 6.54 Å². The van der Waals surface area contributed by atoms with E-state index in [2.05, 4.69) is 5.32 Å². The Morgan fingerprint density at radius 2 is 2.29 bits per heavy atom. The lowest BCUT2D eigenvalue weighted by molar-refractivity contribution is 0.149. The molecule has 1 N–H and O–H groups in total. The molecule has 7 heavy (non-hydrogen) atoms. The van der Waals surface area contributed by atoms with E-state index in [0.717, 1.165) is 0 Å². The molecule has 0 rings (SSSR count). The molecule has 0 aromatic rings. The van der Waals surface area contributed by atoms with Gasteiger partial charge in [-0.25, -0.2) is 8.78 Å². The summed E-state index contributed by atoms with van der Waals surface area (Å²) in [5.41, 5.74) is 0. The molecule has 0 aliphatic rings. The molecule has 0 fully saturated rings. The van der Waals surface area contributed by atoms with Gasteiger partial charge in [0.2, 0.25) is 0 Å². The van der Waals surface area contributed by atoms with Crippen molar-refractivity contribution in [3.63, 3.8) is 0 Å². The van der Waals surface area contributed by atoms with Crippen molar-refractivity contribution in [2.45, 2.75) is 13.3 Å². The molecule has 0 aromatic carbocycles. The fourth-order valence-corrected chi connectivity index (χ4v) is 0.207. The van der Waals surface area contributed by atoms with Crippen molar-refractivity contribution in [1.82, 2.24) is 5.32 Å². The van der Waals surface area contributed by atoms with Gasteiger partial charge in [0.1, 0.15) is 0 Å². The van der Waals surface area contributed by atoms with E-state index in [4.69, 9.17) is 0 Å². The molecule has 0 atom stereocenters. The topological polar surface area (TPSA) is 12.0 Å². The van der Waals surface area contributed by atoms with Crippen LogP contribution in [0.2, 0.25) is 0 Å². The summed E-state index contributed by atoms with van der Waals surface area (Å²) in [6, 6.07) is 0. The largest absolute Gasteiger partial charge is 0.307 e. The summed E-state index contributed by atoms with van der Waals surface area (Å²) in [4.78, 5) is 0. The van der Waals surface area contributed by atoms with Crippen molar-refractivity contribution < 1.29 is 8.78 Å². The summed E-state index contributed by atoms with van der Waals surface area (Å²) < 4.78 is 22.3. The third-order valence-electron chi connectivity index (χ3n) is 0.476. The highest BCUT2D eigenvalue weighted by molar-refractivity contribution is 4.52. The van der Waals surface area contributed by atoms with Gasteiger partial charge in [-0.3, -0.25) is 0 Å². The van der Waals surface area contributed by atoms with E-state index in [1.165, 1.54) is 6.54 Å². The average Bonchev–Trinajstić information content (AvgIpc) is 1.61. The van der Waals surface area contributed by atoms with Crippen LogP contribution >= 0.6 is 0 Å². The molecule has 0 saturated carbocycles. The highest BCUT2D eigenvalue weighted by Crippen LogP contribution is 1.86. The normalized spacial score (nSPS) is 10.3. The molecule has 0 aliphatic carbocycles. The first-order chi connectivity index (χ1) is 3.27. The first kappa shape index (κ1) is 6.82. The number of halogens is 2. The van der Waals surface area contributed by atoms with Crippen molar-refractivity contribution in [3.05, 3.63) is 6.54 Å². The Morgan fingerprint density at radius 1 is 1.71 bits per heavy atom. The predicted molar refractivity (Wildman–Crippen MR) is 24.0 cm³/mol. The van der Waals surface area contributed by atoms with Gasteiger partial charge in [-0.15, -0.1) is 0 Å². The Hall–Kier alpha value is -0.180. The third kappa shape index (κ3) is 5.82. The van der Waals surface area contributed by atoms with E-state index in [-0.39, 0.29) is 6.54 Å². The summed E-state index contributed by atoms with van der Waals surface area (Å²) in [5, 5.41) is 2.37. The second-order valence-electron chi connectivity index (χ2n) is 1.09. The minimum atomic E-state index is -2.24. The third-order valence-corrected chi connectivity index (χ3v) is 0.476. The van der Waals surface area contributed by atoms with Crippen LogP contribution in [0.3, 0.4) is 0 Å². The average molecular weight is 108 g/mol. The lowest BCUT2D eigenvalue weighted by Gasteiger charge is -1.95. The number of alkyl halides is 2. The van der Waals surface area contributed by atoms with Crippen molar-refractivity contribution >= 4 is 0 Å². The maximum atomic E-state index is 11.1. The minimum absolute atomic E-state index is 0.240. The first-order valence-electron chi connectivity index (χ1n) is 2.06. The van der Waals surface area contributed by atoms with Crippen LogP contribution in [0.5, 0.6) is 0 Å². The lowest BCUT2D eigenvalue weighted by atomic mass is 10.6. The van der Waals surface area contributed by atoms with E-state index >= 15 is 0 Å². The zero-order valence-electron chi connectivity index (χ0n) is 4.12. The van der Waals surface area contributed by atoms with Crippen LogP contribution in [0.25, 0.3) is 0 Å². The fourth-order valence-electron chi connectivity index (χ4n) is 0.207. The van der Waals surface area contributed by atoms with Crippen LogP contribution in [0, 0.1) is 6.54 Å². The van der Waals surface area contributed by atoms with Gasteiger partial charge in [-0.05, 0) is 6.92 Å². The molecule has 3 heteroatoms. The molecule has 0 saturated heterocycles. The van der Waals surface area contributed by atoms with E-state index in [9.17, 15) is 8.78 Å². The molecular weight excluding hydrogens is 100 g/mol. The Bertz CT molecular complexity index is 38.7. The standard InChI is InChI=1S/C4H8F2N/c1-2-7-3-4(5)6/h2,4,7H,3H2,1H3. The first-order valence-corrected chi connectivity index (χ1v) is 2.06. The van der Waals surface area contributed by atoms with Crippen LogP contribution in [0.15, 0.2) is 0 Å². The van der Waals surface area contributed by atoms with E-state index in [1.54, 1.807) is 6.92 Å². The van der Waals surface area contributed by atoms with E-state index < -0.39 is 6.43 Å². The molecule has 0 aromatic heterocycles. The van der Waals surface area contributed by atoms with E-state index in [0.29, 0.717) is 0 Å². The Balaban J connectivity index is 2.68. The zero-order chi connectivity index (χ0) is 5.70. The quantitative estimate of drug-likeness (QED) is 0.569. The number of rotatable bonds is 3. The highest BCUT2D eigenvalue weighted by atomic mass is 19.3. The van der Waals surface area contributed by atoms with Gasteiger partial charge in [0.25, 0.3) is 6.43 Å². The van der Waals surface area contributed by atoms with Gasteiger partial charge < -0.3 is 5.32 Å². The predicted octanol–water partition coefficient (Wildman–Crippen LogP) is 1.02. The van der Waals surface area contributed by atoms with Crippen molar-refractivity contribution in [3.8, 4) is 0 Å². The van der Waals surface area contributed by atoms with Crippen LogP contribution < -0.4 is 5.32 Å². The van der Waals surface area contributed by atoms with Crippen LogP contribution in [0.1, 0.15) is 6.92 Å². The van der Waals surface area contributed by atoms with Crippen molar-refractivity contribution in [2.75, 3.05) is 6.54 Å². The summed E-state index contributed by atoms with van der Waals surface area (Å²) in [6.07, 6.45) is -2.24. The Kier molecular flexibility index (Phi) is 3.89. The highest BCUT2D eigenvalue weighted by Gasteiger charge is 1.96. The second-order valence-corrected chi connectivity index (χ2v) is 1.09. The maximum Gasteiger partial charge on any atom is 0.250 e. The van der Waals surface area contributed by atoms with Crippen LogP contribution in [-0.2, 0) is 0 Å². The van der Waals surface area contributed by atoms with Gasteiger partial charge >= 0.3 is 0 Å². The van der Waals surface area contributed by atoms with Crippen LogP contribution in [-0.4, -0.2) is 13.0 Å². The molecule has 0 spiro atoms. The zero-order valence-corrected chi connectivity index (χ0v) is 4.12. The molecular formula is C4H8F2N.